The number of halogens is 2. The molecule has 2 atom stereocenters. The van der Waals surface area contributed by atoms with Crippen LogP contribution < -0.4 is 11.1 Å². The minimum Gasteiger partial charge on any atom is -0.352 e. The van der Waals surface area contributed by atoms with E-state index < -0.39 is 0 Å². The van der Waals surface area contributed by atoms with Crippen molar-refractivity contribution in [2.45, 2.75) is 25.8 Å². The summed E-state index contributed by atoms with van der Waals surface area (Å²) < 4.78 is 15.2. The molecule has 0 spiro atoms. The van der Waals surface area contributed by atoms with Crippen molar-refractivity contribution < 1.29 is 9.18 Å². The third kappa shape index (κ3) is 4.71. The Morgan fingerprint density at radius 3 is 2.57 bits per heavy atom. The van der Waals surface area contributed by atoms with Crippen LogP contribution in [-0.4, -0.2) is 22.2 Å². The van der Waals surface area contributed by atoms with Crippen LogP contribution in [0.15, 0.2) is 60.8 Å². The Kier molecular flexibility index (Phi) is 7.24. The molecule has 1 amide bonds. The van der Waals surface area contributed by atoms with Gasteiger partial charge in [-0.2, -0.15) is 5.10 Å². The molecule has 0 radical (unpaired) electrons. The predicted molar refractivity (Wildman–Crippen MR) is 118 cm³/mol. The molecule has 0 unspecified atom stereocenters. The summed E-state index contributed by atoms with van der Waals surface area (Å²) in [6.45, 7) is 0.914. The second kappa shape index (κ2) is 9.87. The zero-order valence-electron chi connectivity index (χ0n) is 16.6. The fraction of sp³-hybridized carbons (Fsp3) is 0.304. The number of carbonyl (C=O) groups is 1. The number of rotatable bonds is 6. The molecule has 5 nitrogen and oxygen atoms in total. The normalized spacial score (nSPS) is 18.1. The molecule has 1 heterocycles. The molecule has 3 N–H and O–H groups in total. The van der Waals surface area contributed by atoms with Crippen molar-refractivity contribution in [1.82, 2.24) is 15.1 Å². The molecule has 3 aromatic rings. The van der Waals surface area contributed by atoms with E-state index in [0.29, 0.717) is 13.1 Å². The highest BCUT2D eigenvalue weighted by Crippen LogP contribution is 2.31. The first kappa shape index (κ1) is 22.0. The zero-order chi connectivity index (χ0) is 20.2. The molecule has 158 valence electrons. The van der Waals surface area contributed by atoms with Crippen molar-refractivity contribution in [2.75, 3.05) is 6.54 Å². The largest absolute Gasteiger partial charge is 0.352 e. The predicted octanol–water partition coefficient (Wildman–Crippen LogP) is 4.09. The second-order valence-corrected chi connectivity index (χ2v) is 7.54. The number of para-hydroxylation sites is 1. The lowest BCUT2D eigenvalue weighted by Crippen LogP contribution is -2.34. The molecule has 0 bridgehead atoms. The summed E-state index contributed by atoms with van der Waals surface area (Å²) in [5.74, 6) is 0.00710. The molecule has 1 aromatic heterocycles. The monoisotopic (exact) mass is 428 g/mol. The number of hydrogen-bond acceptors (Lipinski definition) is 3. The van der Waals surface area contributed by atoms with Crippen molar-refractivity contribution in [3.8, 4) is 16.9 Å². The summed E-state index contributed by atoms with van der Waals surface area (Å²) in [7, 11) is 0. The average molecular weight is 429 g/mol. The van der Waals surface area contributed by atoms with Gasteiger partial charge in [-0.25, -0.2) is 9.07 Å². The van der Waals surface area contributed by atoms with Gasteiger partial charge < -0.3 is 11.1 Å². The van der Waals surface area contributed by atoms with E-state index in [0.717, 1.165) is 41.8 Å². The first-order chi connectivity index (χ1) is 14.2. The van der Waals surface area contributed by atoms with Gasteiger partial charge in [-0.05, 0) is 61.7 Å². The topological polar surface area (TPSA) is 72.9 Å². The minimum atomic E-state index is -0.292. The molecule has 1 fully saturated rings. The number of nitrogens with two attached hydrogens (primary N) is 1. The van der Waals surface area contributed by atoms with Crippen LogP contribution in [0.5, 0.6) is 0 Å². The van der Waals surface area contributed by atoms with Crippen LogP contribution in [0.2, 0.25) is 0 Å². The number of benzene rings is 2. The highest BCUT2D eigenvalue weighted by molar-refractivity contribution is 5.85. The number of nitrogens with one attached hydrogen (secondary N) is 1. The van der Waals surface area contributed by atoms with E-state index in [1.165, 1.54) is 12.1 Å². The summed E-state index contributed by atoms with van der Waals surface area (Å²) in [5.41, 5.74) is 9.18. The van der Waals surface area contributed by atoms with E-state index in [2.05, 4.69) is 5.32 Å². The van der Waals surface area contributed by atoms with Crippen LogP contribution in [0.3, 0.4) is 0 Å². The summed E-state index contributed by atoms with van der Waals surface area (Å²) in [5, 5.41) is 7.78. The summed E-state index contributed by atoms with van der Waals surface area (Å²) in [6.07, 6.45) is 4.87. The van der Waals surface area contributed by atoms with E-state index in [4.69, 9.17) is 10.8 Å². The quantitative estimate of drug-likeness (QED) is 0.621. The SMILES string of the molecule is Cl.NC[C@H]1CCC[C@H]1C(=O)NCc1cn(-c2ccccc2)nc1-c1ccc(F)cc1. The highest BCUT2D eigenvalue weighted by atomic mass is 35.5. The number of nitrogens with zero attached hydrogens (tertiary/aromatic N) is 2. The molecule has 4 rings (SSSR count). The van der Waals surface area contributed by atoms with Crippen LogP contribution in [0.25, 0.3) is 16.9 Å². The van der Waals surface area contributed by atoms with Crippen molar-refractivity contribution in [3.63, 3.8) is 0 Å². The third-order valence-corrected chi connectivity index (χ3v) is 5.68. The Balaban J connectivity index is 0.00000256. The van der Waals surface area contributed by atoms with Gasteiger partial charge in [0, 0.05) is 29.8 Å². The molecule has 1 saturated carbocycles. The van der Waals surface area contributed by atoms with Crippen LogP contribution in [0.1, 0.15) is 24.8 Å². The summed E-state index contributed by atoms with van der Waals surface area (Å²) in [4.78, 5) is 12.7. The van der Waals surface area contributed by atoms with E-state index in [-0.39, 0.29) is 36.0 Å². The molecule has 7 heteroatoms. The van der Waals surface area contributed by atoms with Crippen molar-refractivity contribution in [2.24, 2.45) is 17.6 Å². The number of carbonyl (C=O) groups excluding carboxylic acids is 1. The van der Waals surface area contributed by atoms with Gasteiger partial charge in [-0.15, -0.1) is 12.4 Å². The third-order valence-electron chi connectivity index (χ3n) is 5.68. The second-order valence-electron chi connectivity index (χ2n) is 7.54. The lowest BCUT2D eigenvalue weighted by molar-refractivity contribution is -0.126. The highest BCUT2D eigenvalue weighted by Gasteiger charge is 2.31. The molecule has 1 aliphatic rings. The Hall–Kier alpha value is -2.70. The summed E-state index contributed by atoms with van der Waals surface area (Å²) in [6, 6.07) is 16.0. The lowest BCUT2D eigenvalue weighted by atomic mass is 9.95. The smallest absolute Gasteiger partial charge is 0.223 e. The van der Waals surface area contributed by atoms with Crippen molar-refractivity contribution in [1.29, 1.82) is 0 Å². The molecular weight excluding hydrogens is 403 g/mol. The Morgan fingerprint density at radius 2 is 1.87 bits per heavy atom. The van der Waals surface area contributed by atoms with E-state index in [1.54, 1.807) is 16.8 Å². The Morgan fingerprint density at radius 1 is 1.13 bits per heavy atom. The molecule has 0 aliphatic heterocycles. The number of hydrogen-bond donors (Lipinski definition) is 2. The van der Waals surface area contributed by atoms with Crippen LogP contribution >= 0.6 is 12.4 Å². The Labute approximate surface area is 181 Å². The van der Waals surface area contributed by atoms with Crippen LogP contribution in [0, 0.1) is 17.7 Å². The van der Waals surface area contributed by atoms with Crippen molar-refractivity contribution in [3.05, 3.63) is 72.2 Å². The maximum Gasteiger partial charge on any atom is 0.223 e. The maximum absolute atomic E-state index is 13.4. The van der Waals surface area contributed by atoms with Gasteiger partial charge in [0.15, 0.2) is 0 Å². The fourth-order valence-corrected chi connectivity index (χ4v) is 4.08. The lowest BCUT2D eigenvalue weighted by Gasteiger charge is -2.17. The summed E-state index contributed by atoms with van der Waals surface area (Å²) >= 11 is 0. The van der Waals surface area contributed by atoms with Gasteiger partial charge in [0.2, 0.25) is 5.91 Å². The number of amides is 1. The first-order valence-electron chi connectivity index (χ1n) is 10.0. The maximum atomic E-state index is 13.4. The standard InChI is InChI=1S/C23H25FN4O.ClH/c24-19-11-9-16(10-12-19)22-18(15-28(27-22)20-6-2-1-3-7-20)14-26-23(29)21-8-4-5-17(21)13-25;/h1-3,6-7,9-12,15,17,21H,4-5,8,13-14,25H2,(H,26,29);1H/t17-,21-;/m1./s1. The van der Waals surface area contributed by atoms with E-state index in [1.807, 2.05) is 36.5 Å². The van der Waals surface area contributed by atoms with Crippen LogP contribution in [0.4, 0.5) is 4.39 Å². The zero-order valence-corrected chi connectivity index (χ0v) is 17.4. The van der Waals surface area contributed by atoms with E-state index in [9.17, 15) is 9.18 Å². The average Bonchev–Trinajstić information content (AvgIpc) is 3.40. The van der Waals surface area contributed by atoms with Gasteiger partial charge in [0.05, 0.1) is 11.4 Å². The van der Waals surface area contributed by atoms with Crippen molar-refractivity contribution >= 4 is 18.3 Å². The fourth-order valence-electron chi connectivity index (χ4n) is 4.08. The molecular formula is C23H26ClFN4O. The van der Waals surface area contributed by atoms with Gasteiger partial charge in [0.1, 0.15) is 5.82 Å². The molecule has 2 aromatic carbocycles. The molecule has 1 aliphatic carbocycles. The van der Waals surface area contributed by atoms with Gasteiger partial charge in [-0.3, -0.25) is 4.79 Å². The Bertz CT molecular complexity index is 975. The minimum absolute atomic E-state index is 0. The van der Waals surface area contributed by atoms with Gasteiger partial charge in [-0.1, -0.05) is 24.6 Å². The first-order valence-corrected chi connectivity index (χ1v) is 10.0. The van der Waals surface area contributed by atoms with Gasteiger partial charge in [0.25, 0.3) is 0 Å². The number of aromatic nitrogens is 2. The molecule has 0 saturated heterocycles. The van der Waals surface area contributed by atoms with Gasteiger partial charge >= 0.3 is 0 Å². The van der Waals surface area contributed by atoms with Crippen LogP contribution in [-0.2, 0) is 11.3 Å². The van der Waals surface area contributed by atoms with E-state index >= 15 is 0 Å². The molecule has 30 heavy (non-hydrogen) atoms.